The molecule has 3 nitrogen and oxygen atoms in total. The van der Waals surface area contributed by atoms with E-state index in [1.807, 2.05) is 6.92 Å². The summed E-state index contributed by atoms with van der Waals surface area (Å²) in [5, 5.41) is 3.07. The van der Waals surface area contributed by atoms with Crippen molar-refractivity contribution in [3.05, 3.63) is 42.2 Å². The van der Waals surface area contributed by atoms with Gasteiger partial charge in [0.05, 0.1) is 5.56 Å². The molecule has 1 heterocycles. The SMILES string of the molecule is CCCNc1nccn1-c1cccc(C(F)(F)F)c1. The summed E-state index contributed by atoms with van der Waals surface area (Å²) in [6, 6.07) is 5.17. The molecule has 0 amide bonds. The van der Waals surface area contributed by atoms with E-state index in [1.165, 1.54) is 6.07 Å². The van der Waals surface area contributed by atoms with Gasteiger partial charge in [-0.2, -0.15) is 13.2 Å². The predicted molar refractivity (Wildman–Crippen MR) is 67.3 cm³/mol. The molecule has 0 aliphatic rings. The van der Waals surface area contributed by atoms with Crippen LogP contribution in [0.2, 0.25) is 0 Å². The fourth-order valence-electron chi connectivity index (χ4n) is 1.71. The van der Waals surface area contributed by atoms with E-state index in [2.05, 4.69) is 10.3 Å². The minimum absolute atomic E-state index is 0.436. The molecular formula is C13H14F3N3. The minimum atomic E-state index is -4.34. The van der Waals surface area contributed by atoms with Gasteiger partial charge in [-0.3, -0.25) is 4.57 Å². The van der Waals surface area contributed by atoms with E-state index in [-0.39, 0.29) is 0 Å². The molecule has 0 aliphatic carbocycles. The molecule has 0 unspecified atom stereocenters. The van der Waals surface area contributed by atoms with Crippen molar-refractivity contribution in [3.8, 4) is 5.69 Å². The number of benzene rings is 1. The molecule has 0 saturated carbocycles. The Labute approximate surface area is 109 Å². The summed E-state index contributed by atoms with van der Waals surface area (Å²) >= 11 is 0. The highest BCUT2D eigenvalue weighted by Gasteiger charge is 2.30. The number of imidazole rings is 1. The first kappa shape index (κ1) is 13.5. The van der Waals surface area contributed by atoms with Crippen molar-refractivity contribution < 1.29 is 13.2 Å². The molecule has 19 heavy (non-hydrogen) atoms. The largest absolute Gasteiger partial charge is 0.416 e. The lowest BCUT2D eigenvalue weighted by atomic mass is 10.2. The van der Waals surface area contributed by atoms with Crippen LogP contribution in [0.4, 0.5) is 19.1 Å². The first-order valence-electron chi connectivity index (χ1n) is 5.97. The van der Waals surface area contributed by atoms with Gasteiger partial charge in [-0.15, -0.1) is 0 Å². The average molecular weight is 269 g/mol. The van der Waals surface area contributed by atoms with Crippen LogP contribution >= 0.6 is 0 Å². The average Bonchev–Trinajstić information content (AvgIpc) is 2.83. The zero-order chi connectivity index (χ0) is 13.9. The summed E-state index contributed by atoms with van der Waals surface area (Å²) in [7, 11) is 0. The predicted octanol–water partition coefficient (Wildman–Crippen LogP) is 3.71. The van der Waals surface area contributed by atoms with Gasteiger partial charge in [-0.25, -0.2) is 4.98 Å². The molecule has 0 aliphatic heterocycles. The Bertz CT molecular complexity index is 546. The van der Waals surface area contributed by atoms with E-state index in [4.69, 9.17) is 0 Å². The smallest absolute Gasteiger partial charge is 0.355 e. The van der Waals surface area contributed by atoms with Crippen molar-refractivity contribution in [2.75, 3.05) is 11.9 Å². The van der Waals surface area contributed by atoms with E-state index in [9.17, 15) is 13.2 Å². The van der Waals surface area contributed by atoms with Crippen LogP contribution in [-0.2, 0) is 6.18 Å². The number of halogens is 3. The van der Waals surface area contributed by atoms with Gasteiger partial charge in [0.1, 0.15) is 0 Å². The number of aromatic nitrogens is 2. The molecule has 2 aromatic rings. The van der Waals surface area contributed by atoms with Gasteiger partial charge in [0.25, 0.3) is 0 Å². The van der Waals surface area contributed by atoms with Crippen molar-refractivity contribution in [3.63, 3.8) is 0 Å². The normalized spacial score (nSPS) is 11.6. The molecule has 0 fully saturated rings. The molecule has 6 heteroatoms. The maximum absolute atomic E-state index is 12.7. The molecule has 0 atom stereocenters. The van der Waals surface area contributed by atoms with Gasteiger partial charge in [-0.1, -0.05) is 13.0 Å². The molecule has 2 rings (SSSR count). The summed E-state index contributed by atoms with van der Waals surface area (Å²) in [6.07, 6.45) is -0.241. The molecular weight excluding hydrogens is 255 g/mol. The minimum Gasteiger partial charge on any atom is -0.355 e. The number of alkyl halides is 3. The summed E-state index contributed by atoms with van der Waals surface area (Å²) in [4.78, 5) is 4.09. The Kier molecular flexibility index (Phi) is 3.78. The molecule has 102 valence electrons. The molecule has 1 aromatic carbocycles. The second kappa shape index (κ2) is 5.34. The Hall–Kier alpha value is -1.98. The van der Waals surface area contributed by atoms with Crippen molar-refractivity contribution in [2.24, 2.45) is 0 Å². The van der Waals surface area contributed by atoms with Crippen LogP contribution in [0.1, 0.15) is 18.9 Å². The van der Waals surface area contributed by atoms with Crippen LogP contribution in [0.25, 0.3) is 5.69 Å². The topological polar surface area (TPSA) is 29.9 Å². The second-order valence-electron chi connectivity index (χ2n) is 4.10. The summed E-state index contributed by atoms with van der Waals surface area (Å²) in [5.41, 5.74) is -0.230. The van der Waals surface area contributed by atoms with Crippen LogP contribution in [0, 0.1) is 0 Å². The third-order valence-corrected chi connectivity index (χ3v) is 2.63. The number of nitrogens with zero attached hydrogens (tertiary/aromatic N) is 2. The number of nitrogens with one attached hydrogen (secondary N) is 1. The number of hydrogen-bond acceptors (Lipinski definition) is 2. The maximum atomic E-state index is 12.7. The zero-order valence-electron chi connectivity index (χ0n) is 10.4. The van der Waals surface area contributed by atoms with Crippen LogP contribution in [-0.4, -0.2) is 16.1 Å². The van der Waals surface area contributed by atoms with E-state index >= 15 is 0 Å². The highest BCUT2D eigenvalue weighted by atomic mass is 19.4. The Balaban J connectivity index is 2.34. The second-order valence-corrected chi connectivity index (χ2v) is 4.10. The van der Waals surface area contributed by atoms with Gasteiger partial charge in [-0.05, 0) is 24.6 Å². The highest BCUT2D eigenvalue weighted by molar-refractivity contribution is 5.44. The first-order chi connectivity index (χ1) is 9.02. The fourth-order valence-corrected chi connectivity index (χ4v) is 1.71. The Morgan fingerprint density at radius 2 is 2.11 bits per heavy atom. The van der Waals surface area contributed by atoms with E-state index in [1.54, 1.807) is 23.0 Å². The van der Waals surface area contributed by atoms with E-state index in [0.29, 0.717) is 11.6 Å². The molecule has 0 radical (unpaired) electrons. The van der Waals surface area contributed by atoms with E-state index in [0.717, 1.165) is 25.1 Å². The first-order valence-corrected chi connectivity index (χ1v) is 5.97. The van der Waals surface area contributed by atoms with Crippen molar-refractivity contribution in [2.45, 2.75) is 19.5 Å². The van der Waals surface area contributed by atoms with E-state index < -0.39 is 11.7 Å². The maximum Gasteiger partial charge on any atom is 0.416 e. The zero-order valence-corrected chi connectivity index (χ0v) is 10.4. The van der Waals surface area contributed by atoms with Crippen molar-refractivity contribution in [1.29, 1.82) is 0 Å². The van der Waals surface area contributed by atoms with Crippen LogP contribution in [0.3, 0.4) is 0 Å². The number of rotatable bonds is 4. The standard InChI is InChI=1S/C13H14F3N3/c1-2-6-17-12-18-7-8-19(12)11-5-3-4-10(9-11)13(14,15)16/h3-5,7-9H,2,6H2,1H3,(H,17,18). The van der Waals surface area contributed by atoms with Crippen LogP contribution < -0.4 is 5.32 Å². The van der Waals surface area contributed by atoms with Gasteiger partial charge in [0.15, 0.2) is 0 Å². The number of anilines is 1. The Morgan fingerprint density at radius 1 is 1.32 bits per heavy atom. The molecule has 1 aromatic heterocycles. The highest BCUT2D eigenvalue weighted by Crippen LogP contribution is 2.30. The molecule has 1 N–H and O–H groups in total. The third-order valence-electron chi connectivity index (χ3n) is 2.63. The number of hydrogen-bond donors (Lipinski definition) is 1. The lowest BCUT2D eigenvalue weighted by Gasteiger charge is -2.12. The third kappa shape index (κ3) is 3.07. The van der Waals surface area contributed by atoms with Crippen molar-refractivity contribution >= 4 is 5.95 Å². The quantitative estimate of drug-likeness (QED) is 0.916. The Morgan fingerprint density at radius 3 is 2.79 bits per heavy atom. The fraction of sp³-hybridized carbons (Fsp3) is 0.308. The van der Waals surface area contributed by atoms with Crippen LogP contribution in [0.5, 0.6) is 0 Å². The molecule has 0 spiro atoms. The molecule has 0 saturated heterocycles. The van der Waals surface area contributed by atoms with Crippen LogP contribution in [0.15, 0.2) is 36.7 Å². The van der Waals surface area contributed by atoms with Gasteiger partial charge >= 0.3 is 6.18 Å². The monoisotopic (exact) mass is 269 g/mol. The summed E-state index contributed by atoms with van der Waals surface area (Å²) < 4.78 is 39.6. The lowest BCUT2D eigenvalue weighted by Crippen LogP contribution is -2.09. The molecule has 0 bridgehead atoms. The van der Waals surface area contributed by atoms with Gasteiger partial charge in [0, 0.05) is 24.6 Å². The summed E-state index contributed by atoms with van der Waals surface area (Å²) in [6.45, 7) is 2.72. The lowest BCUT2D eigenvalue weighted by molar-refractivity contribution is -0.137. The summed E-state index contributed by atoms with van der Waals surface area (Å²) in [5.74, 6) is 0.543. The van der Waals surface area contributed by atoms with Gasteiger partial charge < -0.3 is 5.32 Å². The van der Waals surface area contributed by atoms with Gasteiger partial charge in [0.2, 0.25) is 5.95 Å². The van der Waals surface area contributed by atoms with Crippen molar-refractivity contribution in [1.82, 2.24) is 9.55 Å².